The van der Waals surface area contributed by atoms with Crippen LogP contribution in [0.3, 0.4) is 0 Å². The molecule has 0 unspecified atom stereocenters. The largest absolute Gasteiger partial charge is 0.356 e. The molecule has 0 aliphatic rings. The van der Waals surface area contributed by atoms with Gasteiger partial charge in [-0.1, -0.05) is 34.4 Å². The van der Waals surface area contributed by atoms with Crippen LogP contribution in [-0.2, 0) is 0 Å². The average Bonchev–Trinajstić information content (AvgIpc) is 2.52. The molecule has 2 rings (SSSR count). The normalized spacial score (nSPS) is 10.5. The highest BCUT2D eigenvalue weighted by Crippen LogP contribution is 2.35. The lowest BCUT2D eigenvalue weighted by atomic mass is 10.1. The van der Waals surface area contributed by atoms with Crippen molar-refractivity contribution < 1.29 is 4.52 Å². The highest BCUT2D eigenvalue weighted by atomic mass is 35.5. The van der Waals surface area contributed by atoms with Crippen LogP contribution in [0.2, 0.25) is 10.0 Å². The van der Waals surface area contributed by atoms with Gasteiger partial charge < -0.3 is 4.52 Å². The second kappa shape index (κ2) is 3.64. The van der Waals surface area contributed by atoms with Crippen molar-refractivity contribution in [2.75, 3.05) is 0 Å². The van der Waals surface area contributed by atoms with Gasteiger partial charge in [-0.2, -0.15) is 0 Å². The molecule has 0 fully saturated rings. The molecule has 0 saturated carbocycles. The van der Waals surface area contributed by atoms with Crippen molar-refractivity contribution in [1.29, 1.82) is 0 Å². The minimum Gasteiger partial charge on any atom is -0.356 e. The van der Waals surface area contributed by atoms with E-state index in [1.165, 1.54) is 0 Å². The van der Waals surface area contributed by atoms with Crippen molar-refractivity contribution in [1.82, 2.24) is 5.16 Å². The molecule has 0 atom stereocenters. The van der Waals surface area contributed by atoms with E-state index in [9.17, 15) is 0 Å². The Balaban J connectivity index is 2.68. The lowest BCUT2D eigenvalue weighted by Crippen LogP contribution is -1.81. The molecule has 2 aromatic rings. The molecule has 0 aliphatic carbocycles. The predicted molar refractivity (Wildman–Crippen MR) is 56.7 cm³/mol. The monoisotopic (exact) mass is 227 g/mol. The molecule has 0 aliphatic heterocycles. The van der Waals surface area contributed by atoms with E-state index < -0.39 is 0 Å². The smallest absolute Gasteiger partial charge is 0.172 e. The summed E-state index contributed by atoms with van der Waals surface area (Å²) >= 11 is 12.0. The van der Waals surface area contributed by atoms with Crippen LogP contribution in [-0.4, -0.2) is 5.16 Å². The summed E-state index contributed by atoms with van der Waals surface area (Å²) in [6.45, 7) is 1.89. The molecule has 1 heterocycles. The summed E-state index contributed by atoms with van der Waals surface area (Å²) in [5.41, 5.74) is 1.62. The Morgan fingerprint density at radius 3 is 2.36 bits per heavy atom. The fraction of sp³-hybridized carbons (Fsp3) is 0.100. The van der Waals surface area contributed by atoms with Crippen molar-refractivity contribution in [2.45, 2.75) is 6.92 Å². The molecule has 0 radical (unpaired) electrons. The first kappa shape index (κ1) is 9.56. The zero-order valence-electron chi connectivity index (χ0n) is 7.42. The highest BCUT2D eigenvalue weighted by Gasteiger charge is 2.14. The maximum absolute atomic E-state index is 6.02. The third-order valence-electron chi connectivity index (χ3n) is 1.94. The molecule has 1 aromatic carbocycles. The van der Waals surface area contributed by atoms with Crippen LogP contribution in [0, 0.1) is 6.92 Å². The van der Waals surface area contributed by atoms with E-state index in [1.54, 1.807) is 24.4 Å². The van der Waals surface area contributed by atoms with Crippen molar-refractivity contribution in [3.05, 3.63) is 40.0 Å². The van der Waals surface area contributed by atoms with Gasteiger partial charge in [0.1, 0.15) is 0 Å². The van der Waals surface area contributed by atoms with Gasteiger partial charge in [-0.05, 0) is 19.1 Å². The molecular weight excluding hydrogens is 221 g/mol. The maximum Gasteiger partial charge on any atom is 0.172 e. The van der Waals surface area contributed by atoms with Gasteiger partial charge in [0.2, 0.25) is 0 Å². The number of benzene rings is 1. The maximum atomic E-state index is 6.02. The van der Waals surface area contributed by atoms with Gasteiger partial charge in [0, 0.05) is 5.56 Å². The summed E-state index contributed by atoms with van der Waals surface area (Å²) < 4.78 is 5.09. The summed E-state index contributed by atoms with van der Waals surface area (Å²) in [6, 6.07) is 5.33. The first-order valence-corrected chi connectivity index (χ1v) is 4.81. The molecule has 14 heavy (non-hydrogen) atoms. The number of halogens is 2. The van der Waals surface area contributed by atoms with Crippen LogP contribution in [0.15, 0.2) is 28.9 Å². The molecule has 1 aromatic heterocycles. The van der Waals surface area contributed by atoms with Crippen molar-refractivity contribution in [3.8, 4) is 11.3 Å². The minimum absolute atomic E-state index is 0.567. The van der Waals surface area contributed by atoms with Gasteiger partial charge in [-0.25, -0.2) is 0 Å². The van der Waals surface area contributed by atoms with Crippen LogP contribution in [0.1, 0.15) is 5.56 Å². The molecule has 0 bridgehead atoms. The molecule has 0 N–H and O–H groups in total. The van der Waals surface area contributed by atoms with E-state index in [0.717, 1.165) is 5.56 Å². The zero-order valence-corrected chi connectivity index (χ0v) is 8.93. The van der Waals surface area contributed by atoms with Crippen molar-refractivity contribution >= 4 is 23.2 Å². The third-order valence-corrected chi connectivity index (χ3v) is 2.57. The van der Waals surface area contributed by atoms with Gasteiger partial charge in [-0.15, -0.1) is 0 Å². The molecule has 0 saturated heterocycles. The summed E-state index contributed by atoms with van der Waals surface area (Å²) in [5.74, 6) is 0.626. The second-order valence-electron chi connectivity index (χ2n) is 2.93. The Kier molecular flexibility index (Phi) is 2.48. The van der Waals surface area contributed by atoms with Gasteiger partial charge >= 0.3 is 0 Å². The molecule has 4 heteroatoms. The number of aryl methyl sites for hydroxylation is 1. The zero-order chi connectivity index (χ0) is 10.1. The number of hydrogen-bond donors (Lipinski definition) is 0. The molecule has 0 amide bonds. The number of hydrogen-bond acceptors (Lipinski definition) is 2. The van der Waals surface area contributed by atoms with Crippen molar-refractivity contribution in [2.24, 2.45) is 0 Å². The Morgan fingerprint density at radius 2 is 1.86 bits per heavy atom. The Labute approximate surface area is 91.4 Å². The summed E-state index contributed by atoms with van der Waals surface area (Å²) in [5, 5.41) is 4.82. The number of nitrogens with zero attached hydrogens (tertiary/aromatic N) is 1. The highest BCUT2D eigenvalue weighted by molar-refractivity contribution is 6.39. The second-order valence-corrected chi connectivity index (χ2v) is 3.75. The number of aromatic nitrogens is 1. The van der Waals surface area contributed by atoms with Crippen LogP contribution in [0.5, 0.6) is 0 Å². The molecular formula is C10H7Cl2NO. The van der Waals surface area contributed by atoms with Crippen molar-refractivity contribution in [3.63, 3.8) is 0 Å². The lowest BCUT2D eigenvalue weighted by Gasteiger charge is -2.02. The SMILES string of the molecule is Cc1cnoc1-c1c(Cl)cccc1Cl. The lowest BCUT2D eigenvalue weighted by molar-refractivity contribution is 0.432. The van der Waals surface area contributed by atoms with E-state index in [0.29, 0.717) is 21.4 Å². The Hall–Kier alpha value is -0.990. The third kappa shape index (κ3) is 1.51. The Bertz CT molecular complexity index is 445. The topological polar surface area (TPSA) is 26.0 Å². The van der Waals surface area contributed by atoms with Crippen LogP contribution >= 0.6 is 23.2 Å². The summed E-state index contributed by atoms with van der Waals surface area (Å²) in [7, 11) is 0. The first-order valence-electron chi connectivity index (χ1n) is 4.06. The number of rotatable bonds is 1. The molecule has 72 valence electrons. The van der Waals surface area contributed by atoms with E-state index in [1.807, 2.05) is 6.92 Å². The predicted octanol–water partition coefficient (Wildman–Crippen LogP) is 3.96. The van der Waals surface area contributed by atoms with Gasteiger partial charge in [0.05, 0.1) is 21.8 Å². The summed E-state index contributed by atoms with van der Waals surface area (Å²) in [4.78, 5) is 0. The first-order chi connectivity index (χ1) is 6.70. The fourth-order valence-electron chi connectivity index (χ4n) is 1.25. The van der Waals surface area contributed by atoms with Crippen LogP contribution in [0.4, 0.5) is 0 Å². The average molecular weight is 228 g/mol. The molecule has 2 nitrogen and oxygen atoms in total. The summed E-state index contributed by atoms with van der Waals surface area (Å²) in [6.07, 6.45) is 1.63. The van der Waals surface area contributed by atoms with Gasteiger partial charge in [0.15, 0.2) is 5.76 Å². The standard InChI is InChI=1S/C10H7Cl2NO/c1-6-5-13-14-10(6)9-7(11)3-2-4-8(9)12/h2-5H,1H3. The van der Waals surface area contributed by atoms with E-state index in [2.05, 4.69) is 5.16 Å². The Morgan fingerprint density at radius 1 is 1.21 bits per heavy atom. The fourth-order valence-corrected chi connectivity index (χ4v) is 1.82. The van der Waals surface area contributed by atoms with Gasteiger partial charge in [0.25, 0.3) is 0 Å². The minimum atomic E-state index is 0.567. The molecule has 0 spiro atoms. The van der Waals surface area contributed by atoms with Crippen LogP contribution < -0.4 is 0 Å². The van der Waals surface area contributed by atoms with E-state index in [4.69, 9.17) is 27.7 Å². The van der Waals surface area contributed by atoms with E-state index >= 15 is 0 Å². The quantitative estimate of drug-likeness (QED) is 0.738. The van der Waals surface area contributed by atoms with Gasteiger partial charge in [-0.3, -0.25) is 0 Å². The van der Waals surface area contributed by atoms with Crippen LogP contribution in [0.25, 0.3) is 11.3 Å². The van der Waals surface area contributed by atoms with E-state index in [-0.39, 0.29) is 0 Å².